The summed E-state index contributed by atoms with van der Waals surface area (Å²) in [5.74, 6) is 0.895. The molecule has 5 rings (SSSR count). The van der Waals surface area contributed by atoms with Crippen LogP contribution in [0.4, 0.5) is 5.69 Å². The van der Waals surface area contributed by atoms with Crippen LogP contribution in [0.15, 0.2) is 65.5 Å². The van der Waals surface area contributed by atoms with Gasteiger partial charge in [0.1, 0.15) is 17.4 Å². The molecule has 2 aromatic heterocycles. The Balaban J connectivity index is 1.24. The predicted molar refractivity (Wildman–Crippen MR) is 128 cm³/mol. The summed E-state index contributed by atoms with van der Waals surface area (Å²) in [4.78, 5) is 30.0. The van der Waals surface area contributed by atoms with Crippen LogP contribution in [0.2, 0.25) is 0 Å². The Hall–Kier alpha value is -3.52. The quantitative estimate of drug-likeness (QED) is 0.436. The molecule has 4 aromatic rings. The number of nitrogens with zero attached hydrogens (tertiary/aromatic N) is 3. The van der Waals surface area contributed by atoms with E-state index in [4.69, 9.17) is 4.74 Å². The zero-order valence-electron chi connectivity index (χ0n) is 18.1. The minimum absolute atomic E-state index is 0.167. The summed E-state index contributed by atoms with van der Waals surface area (Å²) in [6, 6.07) is 17.6. The van der Waals surface area contributed by atoms with E-state index in [2.05, 4.69) is 15.4 Å². The molecule has 33 heavy (non-hydrogen) atoms. The first-order chi connectivity index (χ1) is 16.2. The van der Waals surface area contributed by atoms with Gasteiger partial charge in [-0.2, -0.15) is 9.61 Å². The first kappa shape index (κ1) is 21.3. The molecular weight excluding hydrogens is 436 g/mol. The van der Waals surface area contributed by atoms with Gasteiger partial charge in [-0.15, -0.1) is 0 Å². The van der Waals surface area contributed by atoms with Crippen LogP contribution in [0.3, 0.4) is 0 Å². The lowest BCUT2D eigenvalue weighted by Gasteiger charge is -2.18. The van der Waals surface area contributed by atoms with Gasteiger partial charge >= 0.3 is 0 Å². The number of aromatic nitrogens is 3. The van der Waals surface area contributed by atoms with Crippen molar-refractivity contribution in [1.29, 1.82) is 0 Å². The van der Waals surface area contributed by atoms with Gasteiger partial charge in [-0.25, -0.2) is 4.98 Å². The van der Waals surface area contributed by atoms with E-state index in [0.29, 0.717) is 33.6 Å². The number of rotatable bonds is 6. The monoisotopic (exact) mass is 460 g/mol. The Morgan fingerprint density at radius 2 is 1.82 bits per heavy atom. The van der Waals surface area contributed by atoms with E-state index in [1.165, 1.54) is 41.2 Å². The molecule has 8 heteroatoms. The number of nitrogens with one attached hydrogen (secondary N) is 1. The Kier molecular flexibility index (Phi) is 6.17. The lowest BCUT2D eigenvalue weighted by molar-refractivity contribution is 0.102. The number of amides is 1. The highest BCUT2D eigenvalue weighted by Crippen LogP contribution is 2.34. The van der Waals surface area contributed by atoms with Crippen LogP contribution in [-0.4, -0.2) is 20.5 Å². The summed E-state index contributed by atoms with van der Waals surface area (Å²) in [6.45, 7) is 0.179. The Bertz CT molecular complexity index is 1310. The van der Waals surface area contributed by atoms with Crippen molar-refractivity contribution in [3.8, 4) is 5.75 Å². The number of carbonyl (C=O) groups is 1. The fourth-order valence-electron chi connectivity index (χ4n) is 4.04. The van der Waals surface area contributed by atoms with Gasteiger partial charge in [0.05, 0.1) is 5.69 Å². The largest absolute Gasteiger partial charge is 0.487 e. The average Bonchev–Trinajstić information content (AvgIpc) is 3.30. The van der Waals surface area contributed by atoms with Crippen LogP contribution in [0, 0.1) is 0 Å². The van der Waals surface area contributed by atoms with Gasteiger partial charge < -0.3 is 10.1 Å². The lowest BCUT2D eigenvalue weighted by Crippen LogP contribution is -2.17. The normalized spacial score (nSPS) is 14.3. The Morgan fingerprint density at radius 3 is 2.58 bits per heavy atom. The van der Waals surface area contributed by atoms with Gasteiger partial charge in [0.2, 0.25) is 4.96 Å². The van der Waals surface area contributed by atoms with Crippen molar-refractivity contribution in [3.05, 3.63) is 87.3 Å². The molecule has 1 fully saturated rings. The third kappa shape index (κ3) is 4.96. The fourth-order valence-corrected chi connectivity index (χ4v) is 5.14. The van der Waals surface area contributed by atoms with Crippen LogP contribution in [0.5, 0.6) is 5.75 Å². The summed E-state index contributed by atoms with van der Waals surface area (Å²) >= 11 is 1.50. The molecule has 0 atom stereocenters. The summed E-state index contributed by atoms with van der Waals surface area (Å²) in [6.07, 6.45) is 5.98. The number of ether oxygens (including phenoxy) is 1. The molecule has 168 valence electrons. The number of hydrogen-bond acceptors (Lipinski definition) is 6. The van der Waals surface area contributed by atoms with Crippen LogP contribution in [0.25, 0.3) is 4.96 Å². The molecule has 2 heterocycles. The standard InChI is InChI=1S/C25H24N4O3S/c30-22-15-20(27-25-29(22)28-24(33-25)18-9-5-2-6-10-18)16-32-21-13-11-19(12-14-21)26-23(31)17-7-3-1-4-8-17/h1,3-4,7-8,11-15,18H,2,5-6,9-10,16H2,(H,26,31). The molecule has 0 radical (unpaired) electrons. The lowest BCUT2D eigenvalue weighted by atomic mass is 9.90. The van der Waals surface area contributed by atoms with Gasteiger partial charge in [0.15, 0.2) is 0 Å². The topological polar surface area (TPSA) is 85.6 Å². The smallest absolute Gasteiger partial charge is 0.275 e. The van der Waals surface area contributed by atoms with Gasteiger partial charge in [-0.3, -0.25) is 9.59 Å². The molecular formula is C25H24N4O3S. The molecule has 1 aliphatic rings. The minimum Gasteiger partial charge on any atom is -0.487 e. The van der Waals surface area contributed by atoms with E-state index >= 15 is 0 Å². The summed E-state index contributed by atoms with van der Waals surface area (Å²) in [5, 5.41) is 8.40. The molecule has 1 aliphatic carbocycles. The van der Waals surface area contributed by atoms with Crippen LogP contribution < -0.4 is 15.6 Å². The van der Waals surface area contributed by atoms with E-state index < -0.39 is 0 Å². The van der Waals surface area contributed by atoms with Crippen LogP contribution in [0.1, 0.15) is 59.1 Å². The SMILES string of the molecule is O=C(Nc1ccc(OCc2cc(=O)n3nc(C4CCCCC4)sc3n2)cc1)c1ccccc1. The average molecular weight is 461 g/mol. The number of benzene rings is 2. The van der Waals surface area contributed by atoms with Crippen molar-refractivity contribution >= 4 is 27.9 Å². The number of fused-ring (bicyclic) bond motifs is 1. The molecule has 0 spiro atoms. The molecule has 0 unspecified atom stereocenters. The van der Waals surface area contributed by atoms with Crippen molar-refractivity contribution in [1.82, 2.24) is 14.6 Å². The van der Waals surface area contributed by atoms with Gasteiger partial charge in [0.25, 0.3) is 11.5 Å². The van der Waals surface area contributed by atoms with Crippen LogP contribution in [-0.2, 0) is 6.61 Å². The predicted octanol–water partition coefficient (Wildman–Crippen LogP) is 5.03. The molecule has 1 amide bonds. The Labute approximate surface area is 195 Å². The van der Waals surface area contributed by atoms with E-state index in [0.717, 1.165) is 17.8 Å². The molecule has 7 nitrogen and oxygen atoms in total. The van der Waals surface area contributed by atoms with Crippen LogP contribution >= 0.6 is 11.3 Å². The summed E-state index contributed by atoms with van der Waals surface area (Å²) in [5.41, 5.74) is 1.66. The van der Waals surface area contributed by atoms with Gasteiger partial charge in [-0.1, -0.05) is 48.8 Å². The second-order valence-electron chi connectivity index (χ2n) is 8.19. The highest BCUT2D eigenvalue weighted by Gasteiger charge is 2.20. The molecule has 1 N–H and O–H groups in total. The maximum Gasteiger partial charge on any atom is 0.275 e. The fraction of sp³-hybridized carbons (Fsp3) is 0.280. The van der Waals surface area contributed by atoms with Crippen molar-refractivity contribution in [2.75, 3.05) is 5.32 Å². The van der Waals surface area contributed by atoms with Crippen molar-refractivity contribution < 1.29 is 9.53 Å². The second kappa shape index (κ2) is 9.54. The molecule has 0 saturated heterocycles. The number of anilines is 1. The van der Waals surface area contributed by atoms with Crippen molar-refractivity contribution in [2.24, 2.45) is 0 Å². The second-order valence-corrected chi connectivity index (χ2v) is 9.18. The maximum absolute atomic E-state index is 12.5. The zero-order valence-corrected chi connectivity index (χ0v) is 18.9. The summed E-state index contributed by atoms with van der Waals surface area (Å²) < 4.78 is 7.23. The Morgan fingerprint density at radius 1 is 1.06 bits per heavy atom. The van der Waals surface area contributed by atoms with Crippen molar-refractivity contribution in [3.63, 3.8) is 0 Å². The number of carbonyl (C=O) groups excluding carboxylic acids is 1. The first-order valence-corrected chi connectivity index (χ1v) is 12.0. The minimum atomic E-state index is -0.184. The maximum atomic E-state index is 12.5. The van der Waals surface area contributed by atoms with Gasteiger partial charge in [-0.05, 0) is 49.2 Å². The van der Waals surface area contributed by atoms with E-state index in [1.807, 2.05) is 18.2 Å². The van der Waals surface area contributed by atoms with E-state index in [1.54, 1.807) is 36.4 Å². The molecule has 0 bridgehead atoms. The van der Waals surface area contributed by atoms with E-state index in [-0.39, 0.29) is 18.1 Å². The molecule has 1 saturated carbocycles. The van der Waals surface area contributed by atoms with Crippen molar-refractivity contribution in [2.45, 2.75) is 44.6 Å². The van der Waals surface area contributed by atoms with E-state index in [9.17, 15) is 9.59 Å². The zero-order chi connectivity index (χ0) is 22.6. The summed E-state index contributed by atoms with van der Waals surface area (Å²) in [7, 11) is 0. The third-order valence-corrected chi connectivity index (χ3v) is 6.87. The number of hydrogen-bond donors (Lipinski definition) is 1. The molecule has 0 aliphatic heterocycles. The van der Waals surface area contributed by atoms with Gasteiger partial charge in [0, 0.05) is 23.2 Å². The molecule has 2 aromatic carbocycles. The highest BCUT2D eigenvalue weighted by molar-refractivity contribution is 7.16. The first-order valence-electron chi connectivity index (χ1n) is 11.1. The third-order valence-electron chi connectivity index (χ3n) is 5.80. The highest BCUT2D eigenvalue weighted by atomic mass is 32.1.